The second kappa shape index (κ2) is 5.27. The van der Waals surface area contributed by atoms with Crippen molar-refractivity contribution >= 4 is 23.6 Å². The first kappa shape index (κ1) is 15.9. The van der Waals surface area contributed by atoms with Crippen molar-refractivity contribution in [3.05, 3.63) is 0 Å². The van der Waals surface area contributed by atoms with Crippen molar-refractivity contribution in [2.45, 2.75) is 63.4 Å². The quantitative estimate of drug-likeness (QED) is 0.644. The molecule has 0 aromatic rings. The van der Waals surface area contributed by atoms with E-state index in [1.807, 2.05) is 0 Å². The number of amides is 1. The molecule has 3 rings (SSSR count). The fraction of sp³-hybridized carbons (Fsp3) is 0.714. The van der Waals surface area contributed by atoms with Crippen molar-refractivity contribution < 1.29 is 38.1 Å². The molecule has 1 N–H and O–H groups in total. The Morgan fingerprint density at radius 1 is 1.09 bits per heavy atom. The van der Waals surface area contributed by atoms with E-state index >= 15 is 0 Å². The molecule has 126 valence electrons. The van der Waals surface area contributed by atoms with Crippen molar-refractivity contribution in [3.63, 3.8) is 0 Å². The Morgan fingerprint density at radius 3 is 2.26 bits per heavy atom. The van der Waals surface area contributed by atoms with Gasteiger partial charge in [-0.1, -0.05) is 0 Å². The maximum absolute atomic E-state index is 12.3. The minimum Gasteiger partial charge on any atom is -0.457 e. The van der Waals surface area contributed by atoms with E-state index in [1.165, 1.54) is 20.8 Å². The summed E-state index contributed by atoms with van der Waals surface area (Å²) in [6.07, 6.45) is -5.02. The normalized spacial score (nSPS) is 40.7. The highest BCUT2D eigenvalue weighted by Crippen LogP contribution is 2.48. The number of hydrogen-bond acceptors (Lipinski definition) is 8. The van der Waals surface area contributed by atoms with Crippen LogP contribution >= 0.6 is 0 Å². The molecule has 0 radical (unpaired) electrons. The van der Waals surface area contributed by atoms with E-state index in [2.05, 4.69) is 5.32 Å². The second-order valence-electron chi connectivity index (χ2n) is 5.95. The minimum absolute atomic E-state index is 0.177. The average molecular weight is 327 g/mol. The topological polar surface area (TPSA) is 117 Å². The summed E-state index contributed by atoms with van der Waals surface area (Å²) in [5.74, 6) is -1.99. The van der Waals surface area contributed by atoms with Gasteiger partial charge in [0.15, 0.2) is 24.3 Å². The molecule has 9 nitrogen and oxygen atoms in total. The summed E-state index contributed by atoms with van der Waals surface area (Å²) in [5, 5.41) is 2.65. The number of ether oxygens (including phenoxy) is 4. The Labute approximate surface area is 131 Å². The lowest BCUT2D eigenvalue weighted by molar-refractivity contribution is -0.241. The van der Waals surface area contributed by atoms with Crippen LogP contribution in [0.2, 0.25) is 0 Å². The van der Waals surface area contributed by atoms with E-state index in [-0.39, 0.29) is 12.2 Å². The molecule has 0 unspecified atom stereocenters. The molecule has 0 aromatic heterocycles. The number of hydrogen-bond donors (Lipinski definition) is 1. The fourth-order valence-electron chi connectivity index (χ4n) is 3.60. The van der Waals surface area contributed by atoms with Gasteiger partial charge in [0.2, 0.25) is 5.91 Å². The number of nitrogens with one attached hydrogen (secondary N) is 1. The van der Waals surface area contributed by atoms with Crippen LogP contribution in [-0.2, 0) is 38.1 Å². The summed E-state index contributed by atoms with van der Waals surface area (Å²) in [5.41, 5.74) is -1.40. The van der Waals surface area contributed by atoms with Crippen molar-refractivity contribution in [2.75, 3.05) is 0 Å². The lowest BCUT2D eigenvalue weighted by atomic mass is 9.71. The molecule has 2 saturated heterocycles. The van der Waals surface area contributed by atoms with Gasteiger partial charge in [0, 0.05) is 27.2 Å². The molecule has 1 amide bonds. The van der Waals surface area contributed by atoms with Gasteiger partial charge >= 0.3 is 11.9 Å². The van der Waals surface area contributed by atoms with Gasteiger partial charge < -0.3 is 24.3 Å². The van der Waals surface area contributed by atoms with Gasteiger partial charge in [-0.15, -0.1) is 0 Å². The number of Topliss-reactive ketones (excluding diaryl/α,β-unsaturated/α-hetero) is 1. The van der Waals surface area contributed by atoms with Crippen LogP contribution in [0.1, 0.15) is 27.2 Å². The number of esters is 2. The summed E-state index contributed by atoms with van der Waals surface area (Å²) in [7, 11) is 0. The van der Waals surface area contributed by atoms with E-state index in [0.717, 1.165) is 0 Å². The Balaban J connectivity index is 2.08. The molecule has 3 fully saturated rings. The van der Waals surface area contributed by atoms with Gasteiger partial charge in [-0.2, -0.15) is 0 Å². The molecule has 0 spiro atoms. The monoisotopic (exact) mass is 327 g/mol. The predicted molar refractivity (Wildman–Crippen MR) is 70.8 cm³/mol. The van der Waals surface area contributed by atoms with Gasteiger partial charge in [-0.05, 0) is 0 Å². The lowest BCUT2D eigenvalue weighted by Crippen LogP contribution is -2.76. The zero-order chi connectivity index (χ0) is 16.9. The molecular formula is C14H17NO8. The molecule has 23 heavy (non-hydrogen) atoms. The predicted octanol–water partition coefficient (Wildman–Crippen LogP) is -1.18. The Morgan fingerprint density at radius 2 is 1.70 bits per heavy atom. The largest absolute Gasteiger partial charge is 0.457 e. The first-order valence-corrected chi connectivity index (χ1v) is 7.21. The molecule has 1 saturated carbocycles. The van der Waals surface area contributed by atoms with E-state index in [0.29, 0.717) is 0 Å². The summed E-state index contributed by atoms with van der Waals surface area (Å²) in [6.45, 7) is 3.66. The van der Waals surface area contributed by atoms with Crippen LogP contribution in [0.15, 0.2) is 0 Å². The molecule has 6 atom stereocenters. The first-order chi connectivity index (χ1) is 10.7. The lowest BCUT2D eigenvalue weighted by Gasteiger charge is -2.51. The number of carbonyl (C=O) groups is 4. The number of fused-ring (bicyclic) bond motifs is 2. The zero-order valence-corrected chi connectivity index (χ0v) is 12.9. The molecule has 1 aliphatic carbocycles. The van der Waals surface area contributed by atoms with Crippen LogP contribution in [0, 0.1) is 0 Å². The highest BCUT2D eigenvalue weighted by atomic mass is 16.8. The van der Waals surface area contributed by atoms with Crippen LogP contribution < -0.4 is 5.32 Å². The van der Waals surface area contributed by atoms with Crippen molar-refractivity contribution in [3.8, 4) is 0 Å². The standard InChI is InChI=1S/C14H17NO8/c1-5(16)15-14-4-8(19)9-10(11(14)20-6(2)17)23-13(22-9)12(14)21-7(3)18/h9-13H,4H2,1-3H3,(H,15,16)/t9-,10+,11+,12+,13+,14+/m0/s1. The zero-order valence-electron chi connectivity index (χ0n) is 12.9. The van der Waals surface area contributed by atoms with Crippen LogP contribution in [0.25, 0.3) is 0 Å². The molecule has 3 aliphatic rings. The molecule has 3 bridgehead atoms. The second-order valence-corrected chi connectivity index (χ2v) is 5.95. The Bertz CT molecular complexity index is 569. The Hall–Kier alpha value is -2.00. The van der Waals surface area contributed by atoms with E-state index in [9.17, 15) is 19.2 Å². The number of ketones is 1. The minimum atomic E-state index is -1.40. The van der Waals surface area contributed by atoms with Crippen molar-refractivity contribution in [1.29, 1.82) is 0 Å². The van der Waals surface area contributed by atoms with Gasteiger partial charge in [-0.3, -0.25) is 19.2 Å². The Kier molecular flexibility index (Phi) is 3.64. The van der Waals surface area contributed by atoms with Crippen LogP contribution in [0.3, 0.4) is 0 Å². The fourth-order valence-corrected chi connectivity index (χ4v) is 3.60. The third kappa shape index (κ3) is 2.40. The maximum atomic E-state index is 12.3. The highest BCUT2D eigenvalue weighted by molar-refractivity contribution is 5.89. The molecule has 0 aromatic carbocycles. The summed E-state index contributed by atoms with van der Waals surface area (Å²) in [6, 6.07) is 0. The number of rotatable bonds is 3. The van der Waals surface area contributed by atoms with Gasteiger partial charge in [-0.25, -0.2) is 0 Å². The van der Waals surface area contributed by atoms with Crippen LogP contribution in [-0.4, -0.2) is 59.9 Å². The number of carbonyl (C=O) groups excluding carboxylic acids is 4. The summed E-state index contributed by atoms with van der Waals surface area (Å²) in [4.78, 5) is 47.0. The van der Waals surface area contributed by atoms with Crippen molar-refractivity contribution in [1.82, 2.24) is 5.32 Å². The third-order valence-electron chi connectivity index (χ3n) is 4.21. The average Bonchev–Trinajstić information content (AvgIpc) is 2.77. The summed E-state index contributed by atoms with van der Waals surface area (Å²) < 4.78 is 21.7. The van der Waals surface area contributed by atoms with E-state index in [1.54, 1.807) is 0 Å². The van der Waals surface area contributed by atoms with Crippen LogP contribution in [0.4, 0.5) is 0 Å². The van der Waals surface area contributed by atoms with Gasteiger partial charge in [0.25, 0.3) is 0 Å². The maximum Gasteiger partial charge on any atom is 0.303 e. The first-order valence-electron chi connectivity index (χ1n) is 7.21. The SMILES string of the molecule is CC(=O)N[C@]12CC(=O)[C@@H]3O[C@H](O[C@H]3[C@H]1OC(C)=O)[C@H]2OC(C)=O. The van der Waals surface area contributed by atoms with Gasteiger partial charge in [0.05, 0.1) is 0 Å². The highest BCUT2D eigenvalue weighted by Gasteiger charge is 2.71. The molecule has 2 aliphatic heterocycles. The summed E-state index contributed by atoms with van der Waals surface area (Å²) >= 11 is 0. The molecular weight excluding hydrogens is 310 g/mol. The third-order valence-corrected chi connectivity index (χ3v) is 4.21. The molecule has 2 heterocycles. The molecule has 9 heteroatoms. The van der Waals surface area contributed by atoms with Gasteiger partial charge in [0.1, 0.15) is 17.7 Å². The van der Waals surface area contributed by atoms with E-state index < -0.39 is 54.1 Å². The van der Waals surface area contributed by atoms with E-state index in [4.69, 9.17) is 18.9 Å². The van der Waals surface area contributed by atoms with Crippen LogP contribution in [0.5, 0.6) is 0 Å². The smallest absolute Gasteiger partial charge is 0.303 e. The van der Waals surface area contributed by atoms with Crippen molar-refractivity contribution in [2.24, 2.45) is 0 Å².